The third kappa shape index (κ3) is 6.24. The first-order valence-corrected chi connectivity index (χ1v) is 6.63. The Morgan fingerprint density at radius 3 is 2.48 bits per heavy atom. The second-order valence-corrected chi connectivity index (χ2v) is 4.51. The van der Waals surface area contributed by atoms with Gasteiger partial charge in [-0.15, -0.1) is 0 Å². The number of urea groups is 1. The van der Waals surface area contributed by atoms with Gasteiger partial charge in [0, 0.05) is 26.1 Å². The molecule has 7 nitrogen and oxygen atoms in total. The molecule has 0 saturated heterocycles. The summed E-state index contributed by atoms with van der Waals surface area (Å²) in [4.78, 5) is 23.8. The van der Waals surface area contributed by atoms with Crippen molar-refractivity contribution < 1.29 is 24.9 Å². The number of hydrogen-bond acceptors (Lipinski definition) is 4. The van der Waals surface area contributed by atoms with Crippen molar-refractivity contribution in [2.75, 3.05) is 19.7 Å². The summed E-state index contributed by atoms with van der Waals surface area (Å²) < 4.78 is 0. The number of amides is 2. The van der Waals surface area contributed by atoms with Gasteiger partial charge in [0.15, 0.2) is 6.10 Å². The second-order valence-electron chi connectivity index (χ2n) is 4.51. The highest BCUT2D eigenvalue weighted by Gasteiger charge is 2.16. The molecule has 0 fully saturated rings. The fourth-order valence-electron chi connectivity index (χ4n) is 1.73. The first-order chi connectivity index (χ1) is 10.0. The van der Waals surface area contributed by atoms with Crippen molar-refractivity contribution in [2.24, 2.45) is 0 Å². The molecule has 4 N–H and O–H groups in total. The van der Waals surface area contributed by atoms with Gasteiger partial charge in [-0.25, -0.2) is 9.59 Å². The Kier molecular flexibility index (Phi) is 7.20. The molecule has 1 aromatic rings. The number of aliphatic hydroxyl groups excluding tert-OH is 2. The summed E-state index contributed by atoms with van der Waals surface area (Å²) in [7, 11) is 0. The lowest BCUT2D eigenvalue weighted by Gasteiger charge is -2.22. The van der Waals surface area contributed by atoms with Crippen LogP contribution >= 0.6 is 0 Å². The Morgan fingerprint density at radius 2 is 1.90 bits per heavy atom. The number of aliphatic carboxylic acids is 1. The highest BCUT2D eigenvalue weighted by Crippen LogP contribution is 2.04. The number of nitrogens with zero attached hydrogens (tertiary/aromatic N) is 1. The van der Waals surface area contributed by atoms with Crippen LogP contribution in [0.4, 0.5) is 4.79 Å². The van der Waals surface area contributed by atoms with Crippen molar-refractivity contribution in [1.29, 1.82) is 0 Å². The van der Waals surface area contributed by atoms with Gasteiger partial charge in [-0.3, -0.25) is 0 Å². The van der Waals surface area contributed by atoms with E-state index in [2.05, 4.69) is 5.32 Å². The van der Waals surface area contributed by atoms with E-state index >= 15 is 0 Å². The van der Waals surface area contributed by atoms with Gasteiger partial charge in [0.25, 0.3) is 0 Å². The van der Waals surface area contributed by atoms with Crippen LogP contribution in [0.1, 0.15) is 12.0 Å². The average Bonchev–Trinajstić information content (AvgIpc) is 2.47. The van der Waals surface area contributed by atoms with Crippen molar-refractivity contribution in [1.82, 2.24) is 10.2 Å². The first kappa shape index (κ1) is 16.9. The molecule has 0 spiro atoms. The highest BCUT2D eigenvalue weighted by atomic mass is 16.4. The van der Waals surface area contributed by atoms with E-state index in [-0.39, 0.29) is 26.1 Å². The van der Waals surface area contributed by atoms with Crippen molar-refractivity contribution in [3.8, 4) is 0 Å². The number of nitrogens with one attached hydrogen (secondary N) is 1. The Hall–Kier alpha value is -2.12. The molecule has 0 aliphatic heterocycles. The molecule has 0 heterocycles. The Balaban J connectivity index is 2.48. The maximum absolute atomic E-state index is 12.0. The molecule has 116 valence electrons. The van der Waals surface area contributed by atoms with Gasteiger partial charge in [0.2, 0.25) is 0 Å². The minimum Gasteiger partial charge on any atom is -0.479 e. The van der Waals surface area contributed by atoms with Crippen LogP contribution in [0.5, 0.6) is 0 Å². The van der Waals surface area contributed by atoms with Crippen LogP contribution in [0.25, 0.3) is 0 Å². The molecule has 7 heteroatoms. The predicted molar refractivity (Wildman–Crippen MR) is 75.6 cm³/mol. The molecule has 0 aliphatic rings. The molecule has 0 bridgehead atoms. The number of hydrogen-bond donors (Lipinski definition) is 4. The average molecular weight is 296 g/mol. The summed E-state index contributed by atoms with van der Waals surface area (Å²) in [6.45, 7) is 0.387. The van der Waals surface area contributed by atoms with Gasteiger partial charge in [0.05, 0.1) is 6.61 Å². The molecule has 1 aromatic carbocycles. The van der Waals surface area contributed by atoms with Crippen LogP contribution in [0.15, 0.2) is 30.3 Å². The monoisotopic (exact) mass is 296 g/mol. The number of aliphatic hydroxyl groups is 2. The number of benzene rings is 1. The van der Waals surface area contributed by atoms with Crippen LogP contribution in [-0.4, -0.2) is 58.0 Å². The summed E-state index contributed by atoms with van der Waals surface area (Å²) in [5.74, 6) is -1.32. The van der Waals surface area contributed by atoms with Crippen LogP contribution in [0.3, 0.4) is 0 Å². The molecular weight excluding hydrogens is 276 g/mol. The normalized spacial score (nSPS) is 11.7. The van der Waals surface area contributed by atoms with Gasteiger partial charge >= 0.3 is 12.0 Å². The fourth-order valence-corrected chi connectivity index (χ4v) is 1.73. The molecular formula is C14H20N2O5. The molecule has 0 unspecified atom stereocenters. The number of rotatable bonds is 8. The standard InChI is InChI=1S/C14H20N2O5/c17-9-8-16(10-11-4-2-1-3-5-11)14(21)15-7-6-12(18)13(19)20/h1-5,12,17-18H,6-10H2,(H,15,21)(H,19,20)/t12-/m0/s1. The van der Waals surface area contributed by atoms with E-state index in [0.717, 1.165) is 5.56 Å². The number of carbonyl (C=O) groups is 2. The molecule has 21 heavy (non-hydrogen) atoms. The topological polar surface area (TPSA) is 110 Å². The molecule has 0 radical (unpaired) electrons. The Bertz CT molecular complexity index is 452. The summed E-state index contributed by atoms with van der Waals surface area (Å²) in [6.07, 6.45) is -1.56. The van der Waals surface area contributed by atoms with Gasteiger partial charge < -0.3 is 25.5 Å². The van der Waals surface area contributed by atoms with E-state index in [4.69, 9.17) is 15.3 Å². The second kappa shape index (κ2) is 8.93. The summed E-state index contributed by atoms with van der Waals surface area (Å²) >= 11 is 0. The quantitative estimate of drug-likeness (QED) is 0.541. The zero-order valence-electron chi connectivity index (χ0n) is 11.6. The lowest BCUT2D eigenvalue weighted by atomic mass is 10.2. The van der Waals surface area contributed by atoms with Crippen molar-refractivity contribution in [3.05, 3.63) is 35.9 Å². The Morgan fingerprint density at radius 1 is 1.24 bits per heavy atom. The maximum Gasteiger partial charge on any atom is 0.332 e. The van der Waals surface area contributed by atoms with E-state index in [0.29, 0.717) is 6.54 Å². The van der Waals surface area contributed by atoms with Crippen molar-refractivity contribution >= 4 is 12.0 Å². The number of carboxylic acids is 1. The minimum absolute atomic E-state index is 0.0447. The van der Waals surface area contributed by atoms with Crippen LogP contribution in [-0.2, 0) is 11.3 Å². The molecule has 0 aromatic heterocycles. The summed E-state index contributed by atoms with van der Waals surface area (Å²) in [5, 5.41) is 29.2. The molecule has 0 saturated carbocycles. The van der Waals surface area contributed by atoms with Gasteiger partial charge in [-0.05, 0) is 5.56 Å². The number of carbonyl (C=O) groups excluding carboxylic acids is 1. The SMILES string of the molecule is O=C(O)[C@@H](O)CCNC(=O)N(CCO)Cc1ccccc1. The van der Waals surface area contributed by atoms with Crippen molar-refractivity contribution in [2.45, 2.75) is 19.1 Å². The molecule has 0 aliphatic carbocycles. The van der Waals surface area contributed by atoms with E-state index in [1.54, 1.807) is 0 Å². The number of carboxylic acid groups (broad SMARTS) is 1. The molecule has 2 amide bonds. The third-order valence-corrected chi connectivity index (χ3v) is 2.85. The fraction of sp³-hybridized carbons (Fsp3) is 0.429. The zero-order chi connectivity index (χ0) is 15.7. The first-order valence-electron chi connectivity index (χ1n) is 6.63. The largest absolute Gasteiger partial charge is 0.479 e. The van der Waals surface area contributed by atoms with E-state index < -0.39 is 18.1 Å². The van der Waals surface area contributed by atoms with Crippen LogP contribution < -0.4 is 5.32 Å². The predicted octanol–water partition coefficient (Wildman–Crippen LogP) is 0.0261. The summed E-state index contributed by atoms with van der Waals surface area (Å²) in [5.41, 5.74) is 0.923. The van der Waals surface area contributed by atoms with Crippen molar-refractivity contribution in [3.63, 3.8) is 0 Å². The molecule has 1 atom stereocenters. The van der Waals surface area contributed by atoms with E-state index in [1.165, 1.54) is 4.90 Å². The lowest BCUT2D eigenvalue weighted by molar-refractivity contribution is -0.146. The van der Waals surface area contributed by atoms with Crippen LogP contribution in [0, 0.1) is 0 Å². The van der Waals surface area contributed by atoms with Gasteiger partial charge in [0.1, 0.15) is 0 Å². The smallest absolute Gasteiger partial charge is 0.332 e. The molecule has 1 rings (SSSR count). The minimum atomic E-state index is -1.49. The zero-order valence-corrected chi connectivity index (χ0v) is 11.6. The third-order valence-electron chi connectivity index (χ3n) is 2.85. The summed E-state index contributed by atoms with van der Waals surface area (Å²) in [6, 6.07) is 8.90. The lowest BCUT2D eigenvalue weighted by Crippen LogP contribution is -2.42. The maximum atomic E-state index is 12.0. The Labute approximate surface area is 122 Å². The van der Waals surface area contributed by atoms with Crippen LogP contribution in [0.2, 0.25) is 0 Å². The van der Waals surface area contributed by atoms with Gasteiger partial charge in [-0.2, -0.15) is 0 Å². The van der Waals surface area contributed by atoms with E-state index in [1.807, 2.05) is 30.3 Å². The highest BCUT2D eigenvalue weighted by molar-refractivity contribution is 5.74. The van der Waals surface area contributed by atoms with E-state index in [9.17, 15) is 9.59 Å². The van der Waals surface area contributed by atoms with Gasteiger partial charge in [-0.1, -0.05) is 30.3 Å².